The molecule has 1 aliphatic heterocycles. The molecule has 0 aromatic rings. The lowest BCUT2D eigenvalue weighted by Gasteiger charge is -2.64. The maximum Gasteiger partial charge on any atom is 0.220 e. The predicted molar refractivity (Wildman–Crippen MR) is 95.4 cm³/mol. The Balaban J connectivity index is 1.77. The predicted octanol–water partition coefficient (Wildman–Crippen LogP) is 0.738. The minimum atomic E-state index is -1.55. The van der Waals surface area contributed by atoms with Gasteiger partial charge in [0, 0.05) is 24.3 Å². The van der Waals surface area contributed by atoms with Gasteiger partial charge in [-0.1, -0.05) is 6.08 Å². The van der Waals surface area contributed by atoms with E-state index >= 15 is 0 Å². The standard InChI is InChI=1S/C21H23NO5/c1-22(11-12-2-3-12)9-8-20-17-13(4-5-14(23)18(17)25)10-16(22)21(20,27)7-6-15(24)19(20)26/h4-6,8-10,12,16,19,25-27H,2-3,7,11H2,1H3/q+1/t16?,19?,20-,21?,22+/m0/s1. The maximum atomic E-state index is 12.4. The smallest absolute Gasteiger partial charge is 0.220 e. The van der Waals surface area contributed by atoms with Gasteiger partial charge >= 0.3 is 0 Å². The SMILES string of the molecule is C[N@+]1(CC2CC2)[CH][CH][C@@]23C4=C(O)C(=O)C=CC4=CC1C2(O)C[CH]C(=O)C3O. The number of aliphatic hydroxyl groups excluding tert-OH is 2. The van der Waals surface area contributed by atoms with Crippen LogP contribution >= 0.6 is 0 Å². The number of fused-ring (bicyclic) bond motifs is 1. The normalized spacial score (nSPS) is 46.1. The summed E-state index contributed by atoms with van der Waals surface area (Å²) < 4.78 is 0.469. The van der Waals surface area contributed by atoms with E-state index in [1.165, 1.54) is 25.3 Å². The molecule has 3 unspecified atom stereocenters. The van der Waals surface area contributed by atoms with Crippen molar-refractivity contribution in [2.24, 2.45) is 11.3 Å². The zero-order valence-electron chi connectivity index (χ0n) is 15.1. The number of nitrogens with zero attached hydrogens (tertiary/aromatic N) is 1. The number of hydrogen-bond acceptors (Lipinski definition) is 5. The molecular formula is C21H23NO5+. The molecule has 3 radical (unpaired) electrons. The second kappa shape index (κ2) is 5.19. The summed E-state index contributed by atoms with van der Waals surface area (Å²) in [7, 11) is 2.05. The van der Waals surface area contributed by atoms with E-state index in [2.05, 4.69) is 0 Å². The van der Waals surface area contributed by atoms with Crippen molar-refractivity contribution in [2.75, 3.05) is 13.6 Å². The van der Waals surface area contributed by atoms with Gasteiger partial charge < -0.3 is 19.8 Å². The van der Waals surface area contributed by atoms with Gasteiger partial charge in [-0.15, -0.1) is 0 Å². The maximum absolute atomic E-state index is 12.4. The molecule has 6 heteroatoms. The Morgan fingerprint density at radius 3 is 2.70 bits per heavy atom. The van der Waals surface area contributed by atoms with Crippen molar-refractivity contribution in [2.45, 2.75) is 37.0 Å². The monoisotopic (exact) mass is 369 g/mol. The van der Waals surface area contributed by atoms with Crippen LogP contribution in [0.5, 0.6) is 0 Å². The first-order chi connectivity index (χ1) is 12.7. The number of Topliss-reactive ketones (excluding diaryl/α,β-unsaturated/α-hetero) is 1. The van der Waals surface area contributed by atoms with Gasteiger partial charge in [0.1, 0.15) is 24.3 Å². The average molecular weight is 369 g/mol. The van der Waals surface area contributed by atoms with Crippen molar-refractivity contribution < 1.29 is 29.4 Å². The number of carbonyl (C=O) groups is 2. The number of aliphatic hydroxyl groups is 3. The van der Waals surface area contributed by atoms with Crippen LogP contribution in [0.1, 0.15) is 19.3 Å². The van der Waals surface area contributed by atoms with Crippen LogP contribution in [0.2, 0.25) is 0 Å². The minimum Gasteiger partial charge on any atom is -0.504 e. The lowest BCUT2D eigenvalue weighted by Crippen LogP contribution is -2.78. The summed E-state index contributed by atoms with van der Waals surface area (Å²) >= 11 is 0. The Morgan fingerprint density at radius 2 is 2.00 bits per heavy atom. The molecule has 1 heterocycles. The Morgan fingerprint density at radius 1 is 1.26 bits per heavy atom. The summed E-state index contributed by atoms with van der Waals surface area (Å²) in [6.07, 6.45) is 8.67. The number of likely N-dealkylation sites (N-methyl/N-ethyl adjacent to an activating group) is 1. The molecule has 141 valence electrons. The van der Waals surface area contributed by atoms with Crippen LogP contribution in [-0.4, -0.2) is 62.7 Å². The Kier molecular flexibility index (Phi) is 3.33. The molecule has 5 rings (SSSR count). The molecule has 3 fully saturated rings. The molecule has 4 aliphatic carbocycles. The quantitative estimate of drug-likeness (QED) is 0.624. The van der Waals surface area contributed by atoms with Gasteiger partial charge in [-0.25, -0.2) is 0 Å². The number of hydrogen-bond donors (Lipinski definition) is 3. The Labute approximate surface area is 158 Å². The van der Waals surface area contributed by atoms with Gasteiger partial charge in [0.15, 0.2) is 11.5 Å². The van der Waals surface area contributed by atoms with E-state index < -0.39 is 40.5 Å². The summed E-state index contributed by atoms with van der Waals surface area (Å²) in [6.45, 7) is 2.79. The fourth-order valence-electron chi connectivity index (χ4n) is 5.57. The highest BCUT2D eigenvalue weighted by Gasteiger charge is 2.74. The van der Waals surface area contributed by atoms with Crippen molar-refractivity contribution in [3.63, 3.8) is 0 Å². The molecule has 0 spiro atoms. The van der Waals surface area contributed by atoms with Gasteiger partial charge in [-0.05, 0) is 37.0 Å². The fraction of sp³-hybridized carbons (Fsp3) is 0.476. The summed E-state index contributed by atoms with van der Waals surface area (Å²) in [6, 6.07) is -0.397. The number of ketones is 2. The summed E-state index contributed by atoms with van der Waals surface area (Å²) in [4.78, 5) is 24.6. The Bertz CT molecular complexity index is 853. The minimum absolute atomic E-state index is 0.0644. The first kappa shape index (κ1) is 17.3. The Hall–Kier alpha value is -1.76. The number of quaternary nitrogens is 1. The topological polar surface area (TPSA) is 94.8 Å². The number of rotatable bonds is 2. The van der Waals surface area contributed by atoms with Gasteiger partial charge in [-0.3, -0.25) is 9.59 Å². The van der Waals surface area contributed by atoms with Gasteiger partial charge in [0.2, 0.25) is 5.78 Å². The lowest BCUT2D eigenvalue weighted by atomic mass is 9.47. The molecule has 3 N–H and O–H groups in total. The molecular weight excluding hydrogens is 346 g/mol. The summed E-state index contributed by atoms with van der Waals surface area (Å²) in [5, 5.41) is 33.4. The van der Waals surface area contributed by atoms with Crippen molar-refractivity contribution in [3.05, 3.63) is 54.5 Å². The third kappa shape index (κ3) is 2.01. The van der Waals surface area contributed by atoms with Gasteiger partial charge in [-0.2, -0.15) is 0 Å². The van der Waals surface area contributed by atoms with Crippen LogP contribution in [0.4, 0.5) is 0 Å². The first-order valence-electron chi connectivity index (χ1n) is 9.44. The molecule has 5 atom stereocenters. The first-order valence-corrected chi connectivity index (χ1v) is 9.44. The summed E-state index contributed by atoms with van der Waals surface area (Å²) in [5.74, 6) is -0.981. The number of piperidine rings is 1. The summed E-state index contributed by atoms with van der Waals surface area (Å²) in [5.41, 5.74) is -2.27. The number of likely N-dealkylation sites (tertiary alicyclic amines) is 1. The van der Waals surface area contributed by atoms with Crippen molar-refractivity contribution in [1.82, 2.24) is 0 Å². The molecule has 5 aliphatic rings. The third-order valence-corrected chi connectivity index (χ3v) is 7.11. The van der Waals surface area contributed by atoms with Crippen LogP contribution in [0.25, 0.3) is 0 Å². The van der Waals surface area contributed by atoms with E-state index in [1.807, 2.05) is 19.7 Å². The lowest BCUT2D eigenvalue weighted by molar-refractivity contribution is -0.912. The van der Waals surface area contributed by atoms with Crippen LogP contribution in [0, 0.1) is 30.7 Å². The number of carbonyl (C=O) groups excluding carboxylic acids is 2. The molecule has 2 bridgehead atoms. The van der Waals surface area contributed by atoms with E-state index in [-0.39, 0.29) is 12.0 Å². The fourth-order valence-corrected chi connectivity index (χ4v) is 5.57. The van der Waals surface area contributed by atoms with E-state index in [0.29, 0.717) is 16.0 Å². The second-order valence-electron chi connectivity index (χ2n) is 8.78. The number of allylic oxidation sites excluding steroid dienone is 3. The molecule has 2 saturated carbocycles. The highest BCUT2D eigenvalue weighted by atomic mass is 16.3. The van der Waals surface area contributed by atoms with Crippen molar-refractivity contribution in [3.8, 4) is 0 Å². The van der Waals surface area contributed by atoms with Crippen LogP contribution in [0.3, 0.4) is 0 Å². The average Bonchev–Trinajstić information content (AvgIpc) is 3.43. The van der Waals surface area contributed by atoms with Gasteiger partial charge in [0.25, 0.3) is 0 Å². The van der Waals surface area contributed by atoms with Crippen LogP contribution in [0.15, 0.2) is 35.1 Å². The molecule has 27 heavy (non-hydrogen) atoms. The van der Waals surface area contributed by atoms with E-state index in [4.69, 9.17) is 0 Å². The third-order valence-electron chi connectivity index (χ3n) is 7.11. The van der Waals surface area contributed by atoms with Gasteiger partial charge in [0.05, 0.1) is 19.0 Å². The van der Waals surface area contributed by atoms with Crippen molar-refractivity contribution in [1.29, 1.82) is 0 Å². The zero-order chi connectivity index (χ0) is 19.2. The van der Waals surface area contributed by atoms with Crippen LogP contribution in [-0.2, 0) is 9.59 Å². The van der Waals surface area contributed by atoms with Crippen molar-refractivity contribution >= 4 is 11.6 Å². The molecule has 1 saturated heterocycles. The molecule has 0 amide bonds. The largest absolute Gasteiger partial charge is 0.504 e. The van der Waals surface area contributed by atoms with E-state index in [0.717, 1.165) is 6.54 Å². The molecule has 0 aromatic heterocycles. The highest BCUT2D eigenvalue weighted by molar-refractivity contribution is 6.06. The molecule has 0 aromatic carbocycles. The molecule has 6 nitrogen and oxygen atoms in total. The highest BCUT2D eigenvalue weighted by Crippen LogP contribution is 2.63. The van der Waals surface area contributed by atoms with E-state index in [1.54, 1.807) is 12.5 Å². The second-order valence-corrected chi connectivity index (χ2v) is 8.78. The van der Waals surface area contributed by atoms with Crippen LogP contribution < -0.4 is 0 Å². The zero-order valence-corrected chi connectivity index (χ0v) is 15.1. The van der Waals surface area contributed by atoms with E-state index in [9.17, 15) is 24.9 Å².